The average Bonchev–Trinajstić information content (AvgIpc) is 2.84. The molecule has 1 fully saturated rings. The normalized spacial score (nSPS) is 16.5. The number of hydrogen-bond acceptors (Lipinski definition) is 6. The quantitative estimate of drug-likeness (QED) is 0.739. The molecule has 1 aromatic rings. The van der Waals surface area contributed by atoms with E-state index in [0.29, 0.717) is 0 Å². The number of anilines is 2. The summed E-state index contributed by atoms with van der Waals surface area (Å²) in [6, 6.07) is 0.526. The second kappa shape index (κ2) is 4.38. The van der Waals surface area contributed by atoms with Crippen LogP contribution < -0.4 is 16.4 Å². The maximum atomic E-state index is 11.0. The van der Waals surface area contributed by atoms with E-state index in [1.165, 1.54) is 0 Å². The van der Waals surface area contributed by atoms with E-state index in [4.69, 9.17) is 15.9 Å². The van der Waals surface area contributed by atoms with Gasteiger partial charge >= 0.3 is 12.0 Å². The molecular formula is C9H15N5O2. The highest BCUT2D eigenvalue weighted by molar-refractivity contribution is 5.78. The van der Waals surface area contributed by atoms with Gasteiger partial charge in [0.15, 0.2) is 0 Å². The lowest BCUT2D eigenvalue weighted by Gasteiger charge is -2.25. The Balaban J connectivity index is 2.16. The van der Waals surface area contributed by atoms with E-state index in [-0.39, 0.29) is 24.6 Å². The zero-order valence-electron chi connectivity index (χ0n) is 8.93. The molecule has 0 spiro atoms. The summed E-state index contributed by atoms with van der Waals surface area (Å²) in [5, 5.41) is 7.37. The predicted molar refractivity (Wildman–Crippen MR) is 57.5 cm³/mol. The first-order chi connectivity index (χ1) is 7.66. The monoisotopic (exact) mass is 225 g/mol. The van der Waals surface area contributed by atoms with Gasteiger partial charge in [-0.05, 0) is 12.8 Å². The van der Waals surface area contributed by atoms with Gasteiger partial charge in [0, 0.05) is 6.04 Å². The van der Waals surface area contributed by atoms with Crippen LogP contribution in [0.5, 0.6) is 0 Å². The van der Waals surface area contributed by atoms with Gasteiger partial charge in [-0.2, -0.15) is 0 Å². The molecule has 1 aliphatic carbocycles. The number of carbonyl (C=O) groups excluding carboxylic acids is 1. The van der Waals surface area contributed by atoms with Crippen LogP contribution in [0.4, 0.5) is 12.0 Å². The van der Waals surface area contributed by atoms with Crippen molar-refractivity contribution in [3.8, 4) is 0 Å². The van der Waals surface area contributed by atoms with Crippen LogP contribution >= 0.6 is 0 Å². The minimum atomic E-state index is -0.413. The van der Waals surface area contributed by atoms with Crippen molar-refractivity contribution >= 4 is 17.9 Å². The van der Waals surface area contributed by atoms with Crippen molar-refractivity contribution in [1.29, 1.82) is 0 Å². The molecule has 0 bridgehead atoms. The molecule has 1 aromatic heterocycles. The molecule has 7 nitrogen and oxygen atoms in total. The van der Waals surface area contributed by atoms with Crippen molar-refractivity contribution in [1.82, 2.24) is 10.2 Å². The Bertz CT molecular complexity index is 372. The number of nitrogens with zero attached hydrogens (tertiary/aromatic N) is 3. The summed E-state index contributed by atoms with van der Waals surface area (Å²) in [6.07, 6.45) is 4.30. The van der Waals surface area contributed by atoms with E-state index < -0.39 is 5.91 Å². The molecule has 0 aromatic carbocycles. The van der Waals surface area contributed by atoms with E-state index in [0.717, 1.165) is 25.7 Å². The van der Waals surface area contributed by atoms with Gasteiger partial charge in [0.1, 0.15) is 6.54 Å². The summed E-state index contributed by atoms with van der Waals surface area (Å²) >= 11 is 0. The lowest BCUT2D eigenvalue weighted by molar-refractivity contribution is -0.116. The fraction of sp³-hybridized carbons (Fsp3) is 0.667. The molecule has 0 saturated heterocycles. The molecule has 0 unspecified atom stereocenters. The zero-order valence-corrected chi connectivity index (χ0v) is 8.93. The molecule has 0 aliphatic heterocycles. The van der Waals surface area contributed by atoms with Crippen LogP contribution in [-0.4, -0.2) is 28.7 Å². The highest BCUT2D eigenvalue weighted by Gasteiger charge is 2.27. The van der Waals surface area contributed by atoms with Gasteiger partial charge in [0.05, 0.1) is 0 Å². The largest absolute Gasteiger partial charge is 0.390 e. The lowest BCUT2D eigenvalue weighted by Crippen LogP contribution is -2.40. The van der Waals surface area contributed by atoms with E-state index in [2.05, 4.69) is 10.2 Å². The fourth-order valence-electron chi connectivity index (χ4n) is 2.08. The number of rotatable bonds is 4. The minimum absolute atomic E-state index is 0.00228. The summed E-state index contributed by atoms with van der Waals surface area (Å²) in [6.45, 7) is 0.0896. The molecule has 1 heterocycles. The van der Waals surface area contributed by atoms with E-state index in [1.54, 1.807) is 4.90 Å². The Hall–Kier alpha value is -1.79. The molecule has 4 N–H and O–H groups in total. The smallest absolute Gasteiger partial charge is 0.320 e. The third-order valence-electron chi connectivity index (χ3n) is 2.77. The Morgan fingerprint density at radius 2 is 2.12 bits per heavy atom. The first-order valence-electron chi connectivity index (χ1n) is 5.31. The molecular weight excluding hydrogens is 210 g/mol. The molecule has 16 heavy (non-hydrogen) atoms. The van der Waals surface area contributed by atoms with Crippen LogP contribution in [-0.2, 0) is 4.79 Å². The second-order valence-electron chi connectivity index (χ2n) is 3.96. The molecule has 7 heteroatoms. The maximum Gasteiger partial charge on any atom is 0.320 e. The molecule has 1 aliphatic rings. The number of primary amides is 1. The summed E-state index contributed by atoms with van der Waals surface area (Å²) in [7, 11) is 0. The van der Waals surface area contributed by atoms with Crippen LogP contribution in [0.15, 0.2) is 4.42 Å². The van der Waals surface area contributed by atoms with Crippen LogP contribution in [0.2, 0.25) is 0 Å². The van der Waals surface area contributed by atoms with Gasteiger partial charge in [-0.15, -0.1) is 0 Å². The number of carbonyl (C=O) groups is 1. The zero-order chi connectivity index (χ0) is 11.5. The minimum Gasteiger partial charge on any atom is -0.390 e. The van der Waals surface area contributed by atoms with Gasteiger partial charge < -0.3 is 20.8 Å². The number of amides is 1. The Labute approximate surface area is 92.8 Å². The highest BCUT2D eigenvalue weighted by Crippen LogP contribution is 2.27. The van der Waals surface area contributed by atoms with Gasteiger partial charge in [-0.25, -0.2) is 0 Å². The number of aromatic nitrogens is 2. The third kappa shape index (κ3) is 2.23. The van der Waals surface area contributed by atoms with Crippen molar-refractivity contribution in [2.24, 2.45) is 5.73 Å². The van der Waals surface area contributed by atoms with Crippen LogP contribution in [0, 0.1) is 0 Å². The van der Waals surface area contributed by atoms with Gasteiger partial charge in [-0.3, -0.25) is 4.79 Å². The first kappa shape index (κ1) is 10.7. The third-order valence-corrected chi connectivity index (χ3v) is 2.77. The molecule has 1 amide bonds. The number of hydrogen-bond donors (Lipinski definition) is 2. The van der Waals surface area contributed by atoms with E-state index in [9.17, 15) is 4.79 Å². The summed E-state index contributed by atoms with van der Waals surface area (Å²) in [5.41, 5.74) is 10.6. The lowest BCUT2D eigenvalue weighted by atomic mass is 10.2. The second-order valence-corrected chi connectivity index (χ2v) is 3.96. The molecule has 2 rings (SSSR count). The number of nitrogens with two attached hydrogens (primary N) is 2. The molecule has 0 atom stereocenters. The van der Waals surface area contributed by atoms with Crippen molar-refractivity contribution in [3.63, 3.8) is 0 Å². The van der Waals surface area contributed by atoms with Gasteiger partial charge in [0.25, 0.3) is 0 Å². The van der Waals surface area contributed by atoms with E-state index >= 15 is 0 Å². The Morgan fingerprint density at radius 1 is 1.44 bits per heavy atom. The first-order valence-corrected chi connectivity index (χ1v) is 5.31. The van der Waals surface area contributed by atoms with Crippen LogP contribution in [0.1, 0.15) is 25.7 Å². The molecule has 1 saturated carbocycles. The topological polar surface area (TPSA) is 111 Å². The van der Waals surface area contributed by atoms with Crippen molar-refractivity contribution in [3.05, 3.63) is 0 Å². The van der Waals surface area contributed by atoms with Gasteiger partial charge in [0.2, 0.25) is 5.91 Å². The van der Waals surface area contributed by atoms with Crippen LogP contribution in [0.3, 0.4) is 0 Å². The Morgan fingerprint density at radius 3 is 2.62 bits per heavy atom. The van der Waals surface area contributed by atoms with Crippen molar-refractivity contribution in [2.75, 3.05) is 17.2 Å². The van der Waals surface area contributed by atoms with Crippen molar-refractivity contribution < 1.29 is 9.21 Å². The highest BCUT2D eigenvalue weighted by atomic mass is 16.4. The Kier molecular flexibility index (Phi) is 2.93. The van der Waals surface area contributed by atoms with E-state index in [1.807, 2.05) is 0 Å². The number of nitrogen functional groups attached to an aromatic ring is 1. The summed E-state index contributed by atoms with van der Waals surface area (Å²) < 4.78 is 5.13. The SMILES string of the molecule is NC(=O)CN(c1nnc(N)o1)C1CCCC1. The summed E-state index contributed by atoms with van der Waals surface area (Å²) in [4.78, 5) is 12.8. The fourth-order valence-corrected chi connectivity index (χ4v) is 2.08. The maximum absolute atomic E-state index is 11.0. The summed E-state index contributed by atoms with van der Waals surface area (Å²) in [5.74, 6) is -0.413. The molecule has 0 radical (unpaired) electrons. The van der Waals surface area contributed by atoms with Crippen LogP contribution in [0.25, 0.3) is 0 Å². The standard InChI is InChI=1S/C9H15N5O2/c10-7(15)5-14(6-3-1-2-4-6)9-13-12-8(11)16-9/h6H,1-5H2,(H2,10,15)(H2,11,12). The van der Waals surface area contributed by atoms with Gasteiger partial charge in [-0.1, -0.05) is 23.0 Å². The average molecular weight is 225 g/mol. The van der Waals surface area contributed by atoms with Crippen molar-refractivity contribution in [2.45, 2.75) is 31.7 Å². The predicted octanol–water partition coefficient (Wildman–Crippen LogP) is -0.114. The molecule has 88 valence electrons.